The lowest BCUT2D eigenvalue weighted by atomic mass is 10.0. The topological polar surface area (TPSA) is 39.1 Å². The van der Waals surface area contributed by atoms with E-state index in [4.69, 9.17) is 4.74 Å². The summed E-state index contributed by atoms with van der Waals surface area (Å²) in [5, 5.41) is 7.95. The van der Waals surface area contributed by atoms with E-state index in [0.717, 1.165) is 23.7 Å². The number of hydrogen-bond acceptors (Lipinski definition) is 3. The van der Waals surface area contributed by atoms with Crippen LogP contribution in [0, 0.1) is 13.8 Å². The van der Waals surface area contributed by atoms with Crippen LogP contribution < -0.4 is 10.1 Å². The second kappa shape index (κ2) is 6.09. The van der Waals surface area contributed by atoms with Crippen LogP contribution in [0.5, 0.6) is 5.88 Å². The molecule has 0 aliphatic rings. The highest BCUT2D eigenvalue weighted by atomic mass is 16.5. The number of ether oxygens (including phenoxy) is 1. The minimum atomic E-state index is 0.292. The summed E-state index contributed by atoms with van der Waals surface area (Å²) < 4.78 is 7.20. The predicted octanol–water partition coefficient (Wildman–Crippen LogP) is 2.90. The molecule has 0 unspecified atom stereocenters. The number of aromatic nitrogens is 2. The van der Waals surface area contributed by atoms with Gasteiger partial charge in [-0.15, -0.1) is 0 Å². The summed E-state index contributed by atoms with van der Waals surface area (Å²) in [6.07, 6.45) is 0. The fourth-order valence-electron chi connectivity index (χ4n) is 2.58. The first-order valence-electron chi connectivity index (χ1n) is 6.90. The van der Waals surface area contributed by atoms with E-state index in [1.807, 2.05) is 14.0 Å². The van der Waals surface area contributed by atoms with Gasteiger partial charge in [-0.1, -0.05) is 24.3 Å². The van der Waals surface area contributed by atoms with E-state index in [0.29, 0.717) is 6.04 Å². The first kappa shape index (κ1) is 14.6. The molecule has 0 amide bonds. The third kappa shape index (κ3) is 2.85. The molecule has 1 N–H and O–H groups in total. The highest BCUT2D eigenvalue weighted by Crippen LogP contribution is 2.23. The second-order valence-electron chi connectivity index (χ2n) is 5.16. The number of methoxy groups -OCH3 is 1. The molecule has 4 heteroatoms. The van der Waals surface area contributed by atoms with Crippen molar-refractivity contribution in [3.05, 3.63) is 46.6 Å². The van der Waals surface area contributed by atoms with Crippen LogP contribution in [0.15, 0.2) is 24.3 Å². The molecule has 0 radical (unpaired) electrons. The van der Waals surface area contributed by atoms with E-state index in [2.05, 4.69) is 48.5 Å². The molecule has 0 saturated heterocycles. The minimum Gasteiger partial charge on any atom is -0.481 e. The van der Waals surface area contributed by atoms with Gasteiger partial charge in [-0.2, -0.15) is 5.10 Å². The van der Waals surface area contributed by atoms with Crippen LogP contribution in [0.25, 0.3) is 0 Å². The molecule has 108 valence electrons. The molecule has 0 spiro atoms. The van der Waals surface area contributed by atoms with Crippen molar-refractivity contribution in [2.75, 3.05) is 7.11 Å². The fraction of sp³-hybridized carbons (Fsp3) is 0.438. The van der Waals surface area contributed by atoms with Gasteiger partial charge >= 0.3 is 0 Å². The zero-order valence-corrected chi connectivity index (χ0v) is 12.9. The SMILES string of the molecule is COc1c(CN[C@@H](C)c2ccccc2C)c(C)nn1C. The maximum Gasteiger partial charge on any atom is 0.216 e. The van der Waals surface area contributed by atoms with E-state index in [-0.39, 0.29) is 0 Å². The first-order valence-corrected chi connectivity index (χ1v) is 6.90. The molecule has 0 aliphatic carbocycles. The molecule has 2 rings (SSSR count). The number of hydrogen-bond donors (Lipinski definition) is 1. The molecule has 20 heavy (non-hydrogen) atoms. The Kier molecular flexibility index (Phi) is 4.45. The Morgan fingerprint density at radius 2 is 2.00 bits per heavy atom. The lowest BCUT2D eigenvalue weighted by Crippen LogP contribution is -2.19. The quantitative estimate of drug-likeness (QED) is 0.910. The van der Waals surface area contributed by atoms with Gasteiger partial charge in [0.05, 0.1) is 18.4 Å². The van der Waals surface area contributed by atoms with E-state index in [9.17, 15) is 0 Å². The van der Waals surface area contributed by atoms with E-state index in [1.54, 1.807) is 11.8 Å². The van der Waals surface area contributed by atoms with Crippen LogP contribution in [0.2, 0.25) is 0 Å². The third-order valence-electron chi connectivity index (χ3n) is 3.72. The molecule has 0 fully saturated rings. The van der Waals surface area contributed by atoms with Gasteiger partial charge in [0, 0.05) is 19.6 Å². The zero-order chi connectivity index (χ0) is 14.7. The zero-order valence-electron chi connectivity index (χ0n) is 12.9. The van der Waals surface area contributed by atoms with Crippen molar-refractivity contribution in [2.24, 2.45) is 7.05 Å². The minimum absolute atomic E-state index is 0.292. The van der Waals surface area contributed by atoms with Crippen LogP contribution in [0.1, 0.15) is 35.3 Å². The summed E-state index contributed by atoms with van der Waals surface area (Å²) in [5.41, 5.74) is 4.76. The fourth-order valence-corrected chi connectivity index (χ4v) is 2.58. The second-order valence-corrected chi connectivity index (χ2v) is 5.16. The Morgan fingerprint density at radius 3 is 2.65 bits per heavy atom. The number of nitrogens with one attached hydrogen (secondary N) is 1. The molecule has 0 aliphatic heterocycles. The Hall–Kier alpha value is -1.81. The van der Waals surface area contributed by atoms with E-state index < -0.39 is 0 Å². The summed E-state index contributed by atoms with van der Waals surface area (Å²) in [4.78, 5) is 0. The normalized spacial score (nSPS) is 12.4. The lowest BCUT2D eigenvalue weighted by molar-refractivity contribution is 0.367. The van der Waals surface area contributed by atoms with Crippen molar-refractivity contribution >= 4 is 0 Å². The summed E-state index contributed by atoms with van der Waals surface area (Å²) in [5.74, 6) is 0.826. The predicted molar refractivity (Wildman–Crippen MR) is 80.9 cm³/mol. The monoisotopic (exact) mass is 273 g/mol. The Morgan fingerprint density at radius 1 is 1.30 bits per heavy atom. The Balaban J connectivity index is 2.11. The largest absolute Gasteiger partial charge is 0.481 e. The van der Waals surface area contributed by atoms with Crippen molar-refractivity contribution in [1.82, 2.24) is 15.1 Å². The summed E-state index contributed by atoms with van der Waals surface area (Å²) in [6.45, 7) is 7.08. The molecule has 0 saturated carbocycles. The molecule has 1 aromatic carbocycles. The van der Waals surface area contributed by atoms with Crippen LogP contribution >= 0.6 is 0 Å². The molecule has 0 bridgehead atoms. The van der Waals surface area contributed by atoms with Crippen molar-refractivity contribution in [3.63, 3.8) is 0 Å². The van der Waals surface area contributed by atoms with Crippen LogP contribution in [0.3, 0.4) is 0 Å². The number of aryl methyl sites for hydroxylation is 3. The molecular formula is C16H23N3O. The first-order chi connectivity index (χ1) is 9.54. The summed E-state index contributed by atoms with van der Waals surface area (Å²) in [7, 11) is 3.59. The molecule has 4 nitrogen and oxygen atoms in total. The molecule has 1 aromatic heterocycles. The van der Waals surface area contributed by atoms with Gasteiger partial charge in [0.1, 0.15) is 0 Å². The standard InChI is InChI=1S/C16H23N3O/c1-11-8-6-7-9-14(11)12(2)17-10-15-13(3)18-19(4)16(15)20-5/h6-9,12,17H,10H2,1-5H3/t12-/m0/s1. The van der Waals surface area contributed by atoms with Crippen molar-refractivity contribution < 1.29 is 4.74 Å². The van der Waals surface area contributed by atoms with Crippen LogP contribution in [-0.4, -0.2) is 16.9 Å². The van der Waals surface area contributed by atoms with E-state index >= 15 is 0 Å². The van der Waals surface area contributed by atoms with Crippen molar-refractivity contribution in [1.29, 1.82) is 0 Å². The molecular weight excluding hydrogens is 250 g/mol. The smallest absolute Gasteiger partial charge is 0.216 e. The van der Waals surface area contributed by atoms with Gasteiger partial charge in [0.15, 0.2) is 0 Å². The third-order valence-corrected chi connectivity index (χ3v) is 3.72. The van der Waals surface area contributed by atoms with Gasteiger partial charge in [-0.25, -0.2) is 4.68 Å². The van der Waals surface area contributed by atoms with Crippen molar-refractivity contribution in [2.45, 2.75) is 33.4 Å². The van der Waals surface area contributed by atoms with Gasteiger partial charge in [-0.05, 0) is 31.9 Å². The van der Waals surface area contributed by atoms with Crippen LogP contribution in [0.4, 0.5) is 0 Å². The number of benzene rings is 1. The summed E-state index contributed by atoms with van der Waals surface area (Å²) >= 11 is 0. The summed E-state index contributed by atoms with van der Waals surface area (Å²) in [6, 6.07) is 8.75. The van der Waals surface area contributed by atoms with E-state index in [1.165, 1.54) is 11.1 Å². The number of nitrogens with zero attached hydrogens (tertiary/aromatic N) is 2. The highest BCUT2D eigenvalue weighted by molar-refractivity contribution is 5.32. The van der Waals surface area contributed by atoms with Gasteiger partial charge in [-0.3, -0.25) is 0 Å². The maximum atomic E-state index is 5.42. The van der Waals surface area contributed by atoms with Gasteiger partial charge < -0.3 is 10.1 Å². The Bertz CT molecular complexity index is 589. The van der Waals surface area contributed by atoms with Crippen LogP contribution in [-0.2, 0) is 13.6 Å². The molecule has 2 aromatic rings. The average molecular weight is 273 g/mol. The molecule has 1 atom stereocenters. The highest BCUT2D eigenvalue weighted by Gasteiger charge is 2.15. The van der Waals surface area contributed by atoms with Gasteiger partial charge in [0.2, 0.25) is 5.88 Å². The number of rotatable bonds is 5. The van der Waals surface area contributed by atoms with Gasteiger partial charge in [0.25, 0.3) is 0 Å². The maximum absolute atomic E-state index is 5.42. The molecule has 1 heterocycles. The average Bonchev–Trinajstić information content (AvgIpc) is 2.70. The van der Waals surface area contributed by atoms with Crippen molar-refractivity contribution in [3.8, 4) is 5.88 Å². The lowest BCUT2D eigenvalue weighted by Gasteiger charge is -2.16. The Labute approximate surface area is 120 Å².